The summed E-state index contributed by atoms with van der Waals surface area (Å²) in [6.45, 7) is 3.43. The van der Waals surface area contributed by atoms with Gasteiger partial charge < -0.3 is 5.32 Å². The van der Waals surface area contributed by atoms with Gasteiger partial charge in [-0.05, 0) is 18.1 Å². The number of aromatic nitrogens is 2. The summed E-state index contributed by atoms with van der Waals surface area (Å²) in [5.74, 6) is 0.386. The number of amides is 1. The molecule has 1 aliphatic heterocycles. The normalized spacial score (nSPS) is 16.9. The van der Waals surface area contributed by atoms with Gasteiger partial charge in [-0.2, -0.15) is 18.3 Å². The van der Waals surface area contributed by atoms with E-state index in [0.29, 0.717) is 24.8 Å². The molecule has 1 aromatic carbocycles. The Hall–Kier alpha value is -2.71. The lowest BCUT2D eigenvalue weighted by molar-refractivity contribution is -0.137. The average Bonchev–Trinajstić information content (AvgIpc) is 2.95. The number of benzene rings is 1. The summed E-state index contributed by atoms with van der Waals surface area (Å²) in [5.41, 5.74) is 3.83. The second kappa shape index (κ2) is 6.06. The van der Waals surface area contributed by atoms with Crippen molar-refractivity contribution in [3.8, 4) is 0 Å². The highest BCUT2D eigenvalue weighted by atomic mass is 19.4. The van der Waals surface area contributed by atoms with E-state index in [4.69, 9.17) is 0 Å². The van der Waals surface area contributed by atoms with Gasteiger partial charge in [-0.3, -0.25) is 15.6 Å². The molecule has 24 heavy (non-hydrogen) atoms. The Labute approximate surface area is 136 Å². The third-order valence-electron chi connectivity index (χ3n) is 3.73. The van der Waals surface area contributed by atoms with Crippen LogP contribution < -0.4 is 16.2 Å². The predicted octanol–water partition coefficient (Wildman–Crippen LogP) is 2.72. The van der Waals surface area contributed by atoms with Crippen molar-refractivity contribution in [1.82, 2.24) is 15.2 Å². The second-order valence-electron chi connectivity index (χ2n) is 5.70. The van der Waals surface area contributed by atoms with E-state index in [1.165, 1.54) is 24.4 Å². The van der Waals surface area contributed by atoms with Crippen LogP contribution in [0.25, 0.3) is 0 Å². The van der Waals surface area contributed by atoms with E-state index >= 15 is 0 Å². The van der Waals surface area contributed by atoms with Gasteiger partial charge in [0.15, 0.2) is 0 Å². The molecule has 0 saturated heterocycles. The monoisotopic (exact) mass is 339 g/mol. The lowest BCUT2D eigenvalue weighted by Crippen LogP contribution is -2.32. The van der Waals surface area contributed by atoms with Gasteiger partial charge >= 0.3 is 6.18 Å². The molecule has 0 radical (unpaired) electrons. The lowest BCUT2D eigenvalue weighted by atomic mass is 10.1. The van der Waals surface area contributed by atoms with E-state index < -0.39 is 17.6 Å². The van der Waals surface area contributed by atoms with Gasteiger partial charge in [-0.15, -0.1) is 0 Å². The quantitative estimate of drug-likeness (QED) is 0.752. The van der Waals surface area contributed by atoms with E-state index in [1.807, 2.05) is 6.92 Å². The maximum Gasteiger partial charge on any atom is 0.418 e. The van der Waals surface area contributed by atoms with Crippen molar-refractivity contribution in [2.45, 2.75) is 19.6 Å². The fraction of sp³-hybridized carbons (Fsp3) is 0.333. The van der Waals surface area contributed by atoms with Gasteiger partial charge in [0.1, 0.15) is 11.4 Å². The van der Waals surface area contributed by atoms with Gasteiger partial charge in [0.05, 0.1) is 17.4 Å². The van der Waals surface area contributed by atoms with E-state index in [1.54, 1.807) is 4.68 Å². The highest BCUT2D eigenvalue weighted by Crippen LogP contribution is 2.34. The number of halogens is 3. The minimum Gasteiger partial charge on any atom is -0.369 e. The molecular weight excluding hydrogens is 323 g/mol. The summed E-state index contributed by atoms with van der Waals surface area (Å²) < 4.78 is 40.5. The smallest absolute Gasteiger partial charge is 0.369 e. The predicted molar refractivity (Wildman–Crippen MR) is 82.4 cm³/mol. The molecule has 3 N–H and O–H groups in total. The lowest BCUT2D eigenvalue weighted by Gasteiger charge is -2.22. The minimum atomic E-state index is -4.51. The summed E-state index contributed by atoms with van der Waals surface area (Å²) >= 11 is 0. The molecule has 9 heteroatoms. The summed E-state index contributed by atoms with van der Waals surface area (Å²) in [6.07, 6.45) is -3.12. The van der Waals surface area contributed by atoms with Crippen LogP contribution in [-0.2, 0) is 12.7 Å². The molecular formula is C15H16F3N5O. The number of hydrogen-bond donors (Lipinski definition) is 3. The Balaban J connectivity index is 1.74. The highest BCUT2D eigenvalue weighted by molar-refractivity contribution is 5.99. The number of alkyl halides is 3. The Morgan fingerprint density at radius 2 is 2.12 bits per heavy atom. The number of hydrogen-bond acceptors (Lipinski definition) is 4. The third-order valence-corrected chi connectivity index (χ3v) is 3.73. The molecule has 0 bridgehead atoms. The van der Waals surface area contributed by atoms with Crippen LogP contribution in [-0.4, -0.2) is 22.2 Å². The zero-order valence-corrected chi connectivity index (χ0v) is 12.8. The SMILES string of the molecule is CC1CNc2c(C(=O)NNc3ccccc3C(F)(F)F)cnn2C1. The number of carbonyl (C=O) groups is 1. The van der Waals surface area contributed by atoms with Gasteiger partial charge in [0.2, 0.25) is 0 Å². The van der Waals surface area contributed by atoms with Crippen molar-refractivity contribution in [3.63, 3.8) is 0 Å². The fourth-order valence-corrected chi connectivity index (χ4v) is 2.54. The number of hydrazine groups is 1. The number of carbonyl (C=O) groups excluding carboxylic acids is 1. The standard InChI is InChI=1S/C15H16F3N5O/c1-9-6-19-13-10(7-20-23(13)8-9)14(24)22-21-12-5-3-2-4-11(12)15(16,17)18/h2-5,7,9,19,21H,6,8H2,1H3,(H,22,24). The van der Waals surface area contributed by atoms with Crippen LogP contribution in [0.2, 0.25) is 0 Å². The molecule has 6 nitrogen and oxygen atoms in total. The first kappa shape index (κ1) is 16.2. The van der Waals surface area contributed by atoms with E-state index in [0.717, 1.165) is 6.07 Å². The van der Waals surface area contributed by atoms with Crippen LogP contribution in [0.15, 0.2) is 30.5 Å². The van der Waals surface area contributed by atoms with Gasteiger partial charge in [-0.1, -0.05) is 19.1 Å². The highest BCUT2D eigenvalue weighted by Gasteiger charge is 2.33. The number of rotatable bonds is 3. The first-order valence-corrected chi connectivity index (χ1v) is 7.38. The van der Waals surface area contributed by atoms with Crippen LogP contribution in [0.5, 0.6) is 0 Å². The molecule has 2 heterocycles. The van der Waals surface area contributed by atoms with Crippen molar-refractivity contribution in [2.75, 3.05) is 17.3 Å². The van der Waals surface area contributed by atoms with Crippen molar-refractivity contribution in [3.05, 3.63) is 41.6 Å². The second-order valence-corrected chi connectivity index (χ2v) is 5.70. The zero-order valence-electron chi connectivity index (χ0n) is 12.8. The molecule has 1 unspecified atom stereocenters. The molecule has 1 aromatic heterocycles. The number of nitrogens with zero attached hydrogens (tertiary/aromatic N) is 2. The third kappa shape index (κ3) is 3.15. The molecule has 1 aliphatic rings. The van der Waals surface area contributed by atoms with E-state index in [-0.39, 0.29) is 11.3 Å². The van der Waals surface area contributed by atoms with Crippen molar-refractivity contribution in [1.29, 1.82) is 0 Å². The summed E-state index contributed by atoms with van der Waals surface area (Å²) in [4.78, 5) is 12.2. The van der Waals surface area contributed by atoms with Crippen molar-refractivity contribution < 1.29 is 18.0 Å². The molecule has 3 rings (SSSR count). The topological polar surface area (TPSA) is 71.0 Å². The molecule has 0 spiro atoms. The molecule has 0 fully saturated rings. The fourth-order valence-electron chi connectivity index (χ4n) is 2.54. The maximum atomic E-state index is 12.9. The molecule has 1 atom stereocenters. The van der Waals surface area contributed by atoms with Crippen LogP contribution in [0, 0.1) is 5.92 Å². The Morgan fingerprint density at radius 1 is 1.38 bits per heavy atom. The first-order valence-electron chi connectivity index (χ1n) is 7.38. The Bertz CT molecular complexity index is 756. The zero-order chi connectivity index (χ0) is 17.3. The van der Waals surface area contributed by atoms with Gasteiger partial charge in [0.25, 0.3) is 5.91 Å². The summed E-state index contributed by atoms with van der Waals surface area (Å²) in [6, 6.07) is 4.93. The van der Waals surface area contributed by atoms with Crippen molar-refractivity contribution in [2.24, 2.45) is 5.92 Å². The maximum absolute atomic E-state index is 12.9. The number of fused-ring (bicyclic) bond motifs is 1. The minimum absolute atomic E-state index is 0.221. The summed E-state index contributed by atoms with van der Waals surface area (Å²) in [5, 5.41) is 7.23. The van der Waals surface area contributed by atoms with Crippen molar-refractivity contribution >= 4 is 17.4 Å². The van der Waals surface area contributed by atoms with E-state index in [9.17, 15) is 18.0 Å². The average molecular weight is 339 g/mol. The van der Waals surface area contributed by atoms with Crippen LogP contribution in [0.4, 0.5) is 24.7 Å². The van der Waals surface area contributed by atoms with E-state index in [2.05, 4.69) is 21.3 Å². The molecule has 128 valence electrons. The molecule has 2 aromatic rings. The first-order chi connectivity index (χ1) is 11.4. The Kier molecular flexibility index (Phi) is 4.08. The van der Waals surface area contributed by atoms with Crippen LogP contribution in [0.3, 0.4) is 0 Å². The van der Waals surface area contributed by atoms with Gasteiger partial charge in [-0.25, -0.2) is 4.68 Å². The largest absolute Gasteiger partial charge is 0.418 e. The summed E-state index contributed by atoms with van der Waals surface area (Å²) in [7, 11) is 0. The number of anilines is 2. The van der Waals surface area contributed by atoms with Crippen LogP contribution in [0.1, 0.15) is 22.8 Å². The van der Waals surface area contributed by atoms with Gasteiger partial charge in [0, 0.05) is 13.1 Å². The Morgan fingerprint density at radius 3 is 2.88 bits per heavy atom. The number of nitrogens with one attached hydrogen (secondary N) is 3. The molecule has 0 saturated carbocycles. The molecule has 1 amide bonds. The van der Waals surface area contributed by atoms with Crippen LogP contribution >= 0.6 is 0 Å². The molecule has 0 aliphatic carbocycles. The number of para-hydroxylation sites is 1.